The summed E-state index contributed by atoms with van der Waals surface area (Å²) >= 11 is 6.15. The van der Waals surface area contributed by atoms with Crippen LogP contribution in [0.4, 0.5) is 0 Å². The van der Waals surface area contributed by atoms with E-state index in [2.05, 4.69) is 11.4 Å². The normalized spacial score (nSPS) is 19.8. The average Bonchev–Trinajstić information content (AvgIpc) is 2.76. The lowest BCUT2D eigenvalue weighted by molar-refractivity contribution is -0.0523. The molecule has 1 saturated carbocycles. The Labute approximate surface area is 133 Å². The molecule has 0 heterocycles. The van der Waals surface area contributed by atoms with E-state index < -0.39 is 0 Å². The van der Waals surface area contributed by atoms with Crippen LogP contribution < -0.4 is 10.1 Å². The summed E-state index contributed by atoms with van der Waals surface area (Å²) in [5.41, 5.74) is 1.02. The number of hydrogen-bond acceptors (Lipinski definition) is 3. The first-order valence-corrected chi connectivity index (χ1v) is 8.10. The summed E-state index contributed by atoms with van der Waals surface area (Å²) in [4.78, 5) is 0. The second kappa shape index (κ2) is 7.48. The Balaban J connectivity index is 2.36. The van der Waals surface area contributed by atoms with Crippen LogP contribution in [0.3, 0.4) is 0 Å². The highest BCUT2D eigenvalue weighted by atomic mass is 35.5. The minimum Gasteiger partial charge on any atom is -0.495 e. The van der Waals surface area contributed by atoms with Crippen LogP contribution in [0.15, 0.2) is 18.2 Å². The first-order chi connectivity index (χ1) is 10.2. The van der Waals surface area contributed by atoms with Gasteiger partial charge >= 0.3 is 0 Å². The monoisotopic (exact) mass is 311 g/mol. The summed E-state index contributed by atoms with van der Waals surface area (Å²) in [6.07, 6.45) is 7.20. The quantitative estimate of drug-likeness (QED) is 0.820. The zero-order valence-corrected chi connectivity index (χ0v) is 14.0. The molecule has 0 spiro atoms. The van der Waals surface area contributed by atoms with Gasteiger partial charge in [0.1, 0.15) is 5.75 Å². The number of rotatable bonds is 5. The first-order valence-electron chi connectivity index (χ1n) is 7.72. The van der Waals surface area contributed by atoms with E-state index in [1.54, 1.807) is 7.11 Å². The standard InChI is InChI=1S/C17H26ClNO2/c1-19-16(13-8-9-14(18)15(12-13)20-2)17(21-3)10-6-4-5-7-11-17/h8-9,12,16,19H,4-7,10-11H2,1-3H3. The fourth-order valence-corrected chi connectivity index (χ4v) is 3.72. The van der Waals surface area contributed by atoms with Gasteiger partial charge in [0.25, 0.3) is 0 Å². The number of hydrogen-bond donors (Lipinski definition) is 1. The van der Waals surface area contributed by atoms with Crippen LogP contribution in [0, 0.1) is 0 Å². The molecule has 1 aromatic carbocycles. The van der Waals surface area contributed by atoms with Crippen LogP contribution in [0.1, 0.15) is 50.1 Å². The fourth-order valence-electron chi connectivity index (χ4n) is 3.53. The van der Waals surface area contributed by atoms with Crippen LogP contribution in [-0.2, 0) is 4.74 Å². The summed E-state index contributed by atoms with van der Waals surface area (Å²) in [5.74, 6) is 0.717. The van der Waals surface area contributed by atoms with Crippen molar-refractivity contribution in [2.75, 3.05) is 21.3 Å². The summed E-state index contributed by atoms with van der Waals surface area (Å²) < 4.78 is 11.4. The molecule has 21 heavy (non-hydrogen) atoms. The second-order valence-electron chi connectivity index (χ2n) is 5.80. The van der Waals surface area contributed by atoms with Crippen molar-refractivity contribution in [1.82, 2.24) is 5.32 Å². The SMILES string of the molecule is CNC(c1ccc(Cl)c(OC)c1)C1(OC)CCCCCC1. The Morgan fingerprint density at radius 2 is 1.81 bits per heavy atom. The van der Waals surface area contributed by atoms with Gasteiger partial charge < -0.3 is 14.8 Å². The lowest BCUT2D eigenvalue weighted by atomic mass is 9.82. The Kier molecular flexibility index (Phi) is 5.91. The van der Waals surface area contributed by atoms with E-state index in [0.717, 1.165) is 12.8 Å². The van der Waals surface area contributed by atoms with Gasteiger partial charge in [-0.15, -0.1) is 0 Å². The number of likely N-dealkylation sites (N-methyl/N-ethyl adjacent to an activating group) is 1. The molecule has 0 aliphatic heterocycles. The van der Waals surface area contributed by atoms with E-state index in [4.69, 9.17) is 21.1 Å². The molecular formula is C17H26ClNO2. The third-order valence-corrected chi connectivity index (χ3v) is 4.99. The number of ether oxygens (including phenoxy) is 2. The van der Waals surface area contributed by atoms with E-state index in [1.807, 2.05) is 26.3 Å². The van der Waals surface area contributed by atoms with Gasteiger partial charge in [0.15, 0.2) is 0 Å². The molecule has 118 valence electrons. The molecule has 0 radical (unpaired) electrons. The van der Waals surface area contributed by atoms with Crippen LogP contribution in [0.2, 0.25) is 5.02 Å². The Morgan fingerprint density at radius 3 is 2.33 bits per heavy atom. The molecule has 0 saturated heterocycles. The van der Waals surface area contributed by atoms with Gasteiger partial charge in [0.2, 0.25) is 0 Å². The summed E-state index contributed by atoms with van der Waals surface area (Å²) in [7, 11) is 5.48. The van der Waals surface area contributed by atoms with Gasteiger partial charge in [-0.1, -0.05) is 43.4 Å². The van der Waals surface area contributed by atoms with Crippen molar-refractivity contribution in [3.05, 3.63) is 28.8 Å². The van der Waals surface area contributed by atoms with Crippen LogP contribution in [-0.4, -0.2) is 26.9 Å². The molecule has 2 rings (SSSR count). The second-order valence-corrected chi connectivity index (χ2v) is 6.21. The largest absolute Gasteiger partial charge is 0.495 e. The highest BCUT2D eigenvalue weighted by Gasteiger charge is 2.39. The zero-order valence-electron chi connectivity index (χ0n) is 13.2. The molecule has 1 aromatic rings. The van der Waals surface area contributed by atoms with Gasteiger partial charge in [-0.25, -0.2) is 0 Å². The minimum atomic E-state index is -0.149. The van der Waals surface area contributed by atoms with Crippen molar-refractivity contribution >= 4 is 11.6 Å². The molecule has 1 fully saturated rings. The number of nitrogens with one attached hydrogen (secondary N) is 1. The smallest absolute Gasteiger partial charge is 0.137 e. The lowest BCUT2D eigenvalue weighted by Gasteiger charge is -2.39. The topological polar surface area (TPSA) is 30.5 Å². The van der Waals surface area contributed by atoms with Crippen molar-refractivity contribution in [2.24, 2.45) is 0 Å². The van der Waals surface area contributed by atoms with Crippen molar-refractivity contribution in [3.8, 4) is 5.75 Å². The van der Waals surface area contributed by atoms with Gasteiger partial charge in [-0.2, -0.15) is 0 Å². The predicted octanol–water partition coefficient (Wildman–Crippen LogP) is 4.35. The fraction of sp³-hybridized carbons (Fsp3) is 0.647. The number of methoxy groups -OCH3 is 2. The van der Waals surface area contributed by atoms with Crippen LogP contribution >= 0.6 is 11.6 Å². The third kappa shape index (κ3) is 3.53. The molecule has 1 aliphatic carbocycles. The highest BCUT2D eigenvalue weighted by Crippen LogP contribution is 2.41. The lowest BCUT2D eigenvalue weighted by Crippen LogP contribution is -2.44. The number of benzene rings is 1. The van der Waals surface area contributed by atoms with Crippen LogP contribution in [0.5, 0.6) is 5.75 Å². The Morgan fingerprint density at radius 1 is 1.14 bits per heavy atom. The highest BCUT2D eigenvalue weighted by molar-refractivity contribution is 6.32. The van der Waals surface area contributed by atoms with Gasteiger partial charge in [0, 0.05) is 7.11 Å². The summed E-state index contributed by atoms with van der Waals surface area (Å²) in [6.45, 7) is 0. The summed E-state index contributed by atoms with van der Waals surface area (Å²) in [5, 5.41) is 4.10. The molecule has 1 atom stereocenters. The molecule has 1 N–H and O–H groups in total. The Hall–Kier alpha value is -0.770. The summed E-state index contributed by atoms with van der Waals surface area (Å²) in [6, 6.07) is 6.14. The van der Waals surface area contributed by atoms with Gasteiger partial charge in [-0.05, 0) is 37.6 Å². The van der Waals surface area contributed by atoms with Gasteiger partial charge in [-0.3, -0.25) is 0 Å². The molecular weight excluding hydrogens is 286 g/mol. The molecule has 4 heteroatoms. The van der Waals surface area contributed by atoms with Crippen molar-refractivity contribution in [3.63, 3.8) is 0 Å². The molecule has 3 nitrogen and oxygen atoms in total. The van der Waals surface area contributed by atoms with E-state index in [1.165, 1.54) is 31.2 Å². The zero-order chi connectivity index (χ0) is 15.3. The van der Waals surface area contributed by atoms with E-state index >= 15 is 0 Å². The maximum Gasteiger partial charge on any atom is 0.137 e. The van der Waals surface area contributed by atoms with E-state index in [9.17, 15) is 0 Å². The average molecular weight is 312 g/mol. The number of halogens is 1. The van der Waals surface area contributed by atoms with E-state index in [-0.39, 0.29) is 11.6 Å². The van der Waals surface area contributed by atoms with Crippen molar-refractivity contribution in [2.45, 2.75) is 50.2 Å². The molecule has 0 bridgehead atoms. The molecule has 0 aromatic heterocycles. The first kappa shape index (κ1) is 16.6. The van der Waals surface area contributed by atoms with E-state index in [0.29, 0.717) is 10.8 Å². The van der Waals surface area contributed by atoms with Gasteiger partial charge in [0.05, 0.1) is 23.8 Å². The minimum absolute atomic E-state index is 0.145. The van der Waals surface area contributed by atoms with Crippen molar-refractivity contribution < 1.29 is 9.47 Å². The van der Waals surface area contributed by atoms with Crippen LogP contribution in [0.25, 0.3) is 0 Å². The predicted molar refractivity (Wildman–Crippen MR) is 87.2 cm³/mol. The molecule has 1 aliphatic rings. The van der Waals surface area contributed by atoms with Crippen molar-refractivity contribution in [1.29, 1.82) is 0 Å². The maximum atomic E-state index is 6.15. The molecule has 1 unspecified atom stereocenters. The molecule has 0 amide bonds. The Bertz CT molecular complexity index is 456. The third-order valence-electron chi connectivity index (χ3n) is 4.68. The maximum absolute atomic E-state index is 6.15.